The van der Waals surface area contributed by atoms with E-state index in [4.69, 9.17) is 27.1 Å². The van der Waals surface area contributed by atoms with Crippen molar-refractivity contribution in [3.8, 4) is 17.1 Å². The van der Waals surface area contributed by atoms with E-state index in [-0.39, 0.29) is 28.2 Å². The Kier molecular flexibility index (Phi) is 6.52. The number of nitrogens with zero attached hydrogens (tertiary/aromatic N) is 5. The minimum Gasteiger partial charge on any atom is -0.462 e. The van der Waals surface area contributed by atoms with Crippen molar-refractivity contribution in [1.82, 2.24) is 25.2 Å². The van der Waals surface area contributed by atoms with Crippen molar-refractivity contribution in [2.24, 2.45) is 0 Å². The summed E-state index contributed by atoms with van der Waals surface area (Å²) in [7, 11) is 2.09. The molecule has 2 aromatic carbocycles. The first-order valence-electron chi connectivity index (χ1n) is 12.6. The fourth-order valence-corrected chi connectivity index (χ4v) is 6.43. The first-order chi connectivity index (χ1) is 17.9. The maximum atomic E-state index is 16.5. The summed E-state index contributed by atoms with van der Waals surface area (Å²) in [5, 5.41) is 4.66. The number of anilines is 2. The molecule has 0 bridgehead atoms. The van der Waals surface area contributed by atoms with Gasteiger partial charge in [0, 0.05) is 48.2 Å². The standard InChI is InChI=1S/C26H29ClFN7OS/c1-14-12-30-8-10-35(14)24-17-11-18(27)20(16-6-3-7-19-22(16)31-25(29)37-19)21(28)23(17)32-26(33-24)36-13-15-5-4-9-34(15)2/h3,6-7,11,14-15,30H,4-5,8-10,12-13H2,1-2H3,(H2,29,31)/t14-,15-/m0/s1. The van der Waals surface area contributed by atoms with E-state index in [1.807, 2.05) is 18.2 Å². The van der Waals surface area contributed by atoms with E-state index < -0.39 is 5.82 Å². The van der Waals surface area contributed by atoms with Crippen molar-refractivity contribution < 1.29 is 9.13 Å². The molecule has 2 fully saturated rings. The Labute approximate surface area is 223 Å². The molecule has 2 aliphatic heterocycles. The van der Waals surface area contributed by atoms with E-state index in [1.165, 1.54) is 11.3 Å². The van der Waals surface area contributed by atoms with Crippen LogP contribution in [0.3, 0.4) is 0 Å². The Balaban J connectivity index is 1.52. The minimum atomic E-state index is -0.518. The lowest BCUT2D eigenvalue weighted by Gasteiger charge is -2.35. The molecule has 6 rings (SSSR count). The van der Waals surface area contributed by atoms with Crippen LogP contribution in [0.25, 0.3) is 32.2 Å². The summed E-state index contributed by atoms with van der Waals surface area (Å²) >= 11 is 8.14. The van der Waals surface area contributed by atoms with Crippen LogP contribution in [0.15, 0.2) is 24.3 Å². The number of fused-ring (bicyclic) bond motifs is 2. The van der Waals surface area contributed by atoms with E-state index in [0.717, 1.165) is 43.7 Å². The number of halogens is 2. The lowest BCUT2D eigenvalue weighted by Crippen LogP contribution is -2.50. The van der Waals surface area contributed by atoms with Crippen LogP contribution in [-0.4, -0.2) is 71.8 Å². The molecule has 0 spiro atoms. The van der Waals surface area contributed by atoms with Crippen molar-refractivity contribution in [3.63, 3.8) is 0 Å². The van der Waals surface area contributed by atoms with E-state index in [2.05, 4.69) is 39.1 Å². The van der Waals surface area contributed by atoms with Gasteiger partial charge in [0.05, 0.1) is 15.2 Å². The molecule has 2 aromatic heterocycles. The fraction of sp³-hybridized carbons (Fsp3) is 0.423. The zero-order chi connectivity index (χ0) is 25.7. The van der Waals surface area contributed by atoms with Gasteiger partial charge in [0.15, 0.2) is 10.9 Å². The van der Waals surface area contributed by atoms with Crippen molar-refractivity contribution in [2.75, 3.05) is 50.5 Å². The van der Waals surface area contributed by atoms with Gasteiger partial charge in [0.2, 0.25) is 0 Å². The van der Waals surface area contributed by atoms with E-state index in [1.54, 1.807) is 6.07 Å². The smallest absolute Gasteiger partial charge is 0.319 e. The van der Waals surface area contributed by atoms with Crippen molar-refractivity contribution in [2.45, 2.75) is 31.8 Å². The van der Waals surface area contributed by atoms with Gasteiger partial charge in [-0.05, 0) is 45.5 Å². The van der Waals surface area contributed by atoms with E-state index in [9.17, 15) is 0 Å². The maximum Gasteiger partial charge on any atom is 0.319 e. The number of benzene rings is 2. The molecule has 0 unspecified atom stereocenters. The molecule has 194 valence electrons. The van der Waals surface area contributed by atoms with Crippen LogP contribution >= 0.6 is 22.9 Å². The molecule has 8 nitrogen and oxygen atoms in total. The molecule has 4 aromatic rings. The summed E-state index contributed by atoms with van der Waals surface area (Å²) in [6.45, 7) is 5.96. The largest absolute Gasteiger partial charge is 0.462 e. The predicted molar refractivity (Wildman–Crippen MR) is 148 cm³/mol. The number of hydrogen-bond donors (Lipinski definition) is 2. The summed E-state index contributed by atoms with van der Waals surface area (Å²) in [5.41, 5.74) is 7.61. The highest BCUT2D eigenvalue weighted by Gasteiger charge is 2.28. The second-order valence-corrected chi connectivity index (χ2v) is 11.3. The zero-order valence-corrected chi connectivity index (χ0v) is 22.4. The third kappa shape index (κ3) is 4.46. The van der Waals surface area contributed by atoms with Crippen molar-refractivity contribution in [3.05, 3.63) is 35.1 Å². The number of rotatable bonds is 5. The third-order valence-corrected chi connectivity index (χ3v) is 8.54. The van der Waals surface area contributed by atoms with Gasteiger partial charge in [-0.3, -0.25) is 0 Å². The fourth-order valence-electron chi connectivity index (χ4n) is 5.37. The number of para-hydroxylation sites is 1. The molecular formula is C26H29ClFN7OS. The lowest BCUT2D eigenvalue weighted by molar-refractivity contribution is 0.188. The molecule has 4 heterocycles. The van der Waals surface area contributed by atoms with Gasteiger partial charge in [-0.2, -0.15) is 9.97 Å². The minimum absolute atomic E-state index is 0.161. The van der Waals surface area contributed by atoms with Crippen LogP contribution in [0.2, 0.25) is 5.02 Å². The first kappa shape index (κ1) is 24.5. The SMILES string of the molecule is C[C@H]1CNCCN1c1nc(OC[C@@H]2CCCN2C)nc2c(F)c(-c3cccc4sc(N)nc34)c(Cl)cc12. The third-order valence-electron chi connectivity index (χ3n) is 7.40. The first-order valence-corrected chi connectivity index (χ1v) is 13.8. The monoisotopic (exact) mass is 541 g/mol. The molecule has 3 N–H and O–H groups in total. The topological polar surface area (TPSA) is 92.4 Å². The Morgan fingerprint density at radius 3 is 2.89 bits per heavy atom. The number of hydrogen-bond acceptors (Lipinski definition) is 9. The molecule has 0 aliphatic carbocycles. The van der Waals surface area contributed by atoms with Crippen LogP contribution in [0.4, 0.5) is 15.3 Å². The summed E-state index contributed by atoms with van der Waals surface area (Å²) in [5.74, 6) is 0.119. The van der Waals surface area contributed by atoms with Crippen LogP contribution in [-0.2, 0) is 0 Å². The van der Waals surface area contributed by atoms with Gasteiger partial charge in [0.25, 0.3) is 0 Å². The van der Waals surface area contributed by atoms with Gasteiger partial charge >= 0.3 is 6.01 Å². The molecule has 37 heavy (non-hydrogen) atoms. The molecule has 2 atom stereocenters. The van der Waals surface area contributed by atoms with Gasteiger partial charge in [-0.25, -0.2) is 9.37 Å². The van der Waals surface area contributed by atoms with Gasteiger partial charge < -0.3 is 25.6 Å². The molecule has 0 radical (unpaired) electrons. The number of ether oxygens (including phenoxy) is 1. The Hall–Kier alpha value is -2.79. The normalized spacial score (nSPS) is 20.8. The van der Waals surface area contributed by atoms with Crippen LogP contribution < -0.4 is 20.7 Å². The summed E-state index contributed by atoms with van der Waals surface area (Å²) in [4.78, 5) is 18.3. The number of nitrogens with one attached hydrogen (secondary N) is 1. The molecule has 2 saturated heterocycles. The molecule has 2 aliphatic rings. The van der Waals surface area contributed by atoms with Gasteiger partial charge in [-0.15, -0.1) is 0 Å². The molecule has 11 heteroatoms. The number of aromatic nitrogens is 3. The zero-order valence-electron chi connectivity index (χ0n) is 20.8. The molecular weight excluding hydrogens is 513 g/mol. The second-order valence-electron chi connectivity index (χ2n) is 9.81. The number of likely N-dealkylation sites (N-methyl/N-ethyl adjacent to an activating group) is 1. The van der Waals surface area contributed by atoms with E-state index in [0.29, 0.717) is 40.1 Å². The Morgan fingerprint density at radius 1 is 1.24 bits per heavy atom. The van der Waals surface area contributed by atoms with Gasteiger partial charge in [-0.1, -0.05) is 35.1 Å². The van der Waals surface area contributed by atoms with Crippen LogP contribution in [0.1, 0.15) is 19.8 Å². The number of piperazine rings is 1. The van der Waals surface area contributed by atoms with Crippen molar-refractivity contribution in [1.29, 1.82) is 0 Å². The Bertz CT molecular complexity index is 1480. The predicted octanol–water partition coefficient (Wildman–Crippen LogP) is 4.55. The molecule has 0 saturated carbocycles. The summed E-state index contributed by atoms with van der Waals surface area (Å²) < 4.78 is 23.4. The highest BCUT2D eigenvalue weighted by molar-refractivity contribution is 7.22. The number of likely N-dealkylation sites (tertiary alicyclic amines) is 1. The van der Waals surface area contributed by atoms with Gasteiger partial charge in [0.1, 0.15) is 17.9 Å². The summed E-state index contributed by atoms with van der Waals surface area (Å²) in [6, 6.07) is 7.98. The molecule has 0 amide bonds. The highest BCUT2D eigenvalue weighted by Crippen LogP contribution is 2.42. The second kappa shape index (κ2) is 9.83. The lowest BCUT2D eigenvalue weighted by atomic mass is 10.0. The van der Waals surface area contributed by atoms with E-state index >= 15 is 4.39 Å². The number of nitrogens with two attached hydrogens (primary N) is 1. The summed E-state index contributed by atoms with van der Waals surface area (Å²) in [6.07, 6.45) is 2.19. The number of thiazole rings is 1. The van der Waals surface area contributed by atoms with Crippen LogP contribution in [0, 0.1) is 5.82 Å². The maximum absolute atomic E-state index is 16.5. The average Bonchev–Trinajstić information content (AvgIpc) is 3.47. The highest BCUT2D eigenvalue weighted by atomic mass is 35.5. The quantitative estimate of drug-likeness (QED) is 0.380. The van der Waals surface area contributed by atoms with Crippen LogP contribution in [0.5, 0.6) is 6.01 Å². The Morgan fingerprint density at radius 2 is 2.11 bits per heavy atom. The number of nitrogen functional groups attached to an aromatic ring is 1. The average molecular weight is 542 g/mol. The van der Waals surface area contributed by atoms with Crippen molar-refractivity contribution >= 4 is 55.0 Å².